The summed E-state index contributed by atoms with van der Waals surface area (Å²) in [6.07, 6.45) is 1.56. The topological polar surface area (TPSA) is 86.7 Å². The Morgan fingerprint density at radius 2 is 1.86 bits per heavy atom. The summed E-state index contributed by atoms with van der Waals surface area (Å²) in [4.78, 5) is 36.8. The predicted molar refractivity (Wildman–Crippen MR) is 80.8 cm³/mol. The Labute approximate surface area is 127 Å². The van der Waals surface area contributed by atoms with Crippen molar-refractivity contribution in [2.45, 2.75) is 26.7 Å². The van der Waals surface area contributed by atoms with Crippen molar-refractivity contribution in [2.75, 3.05) is 19.6 Å². The van der Waals surface area contributed by atoms with E-state index in [-0.39, 0.29) is 23.2 Å². The molecule has 0 aliphatic heterocycles. The number of rotatable bonds is 8. The monoisotopic (exact) mass is 312 g/mol. The third kappa shape index (κ3) is 5.18. The van der Waals surface area contributed by atoms with Crippen molar-refractivity contribution in [3.8, 4) is 0 Å². The van der Waals surface area contributed by atoms with Gasteiger partial charge in [-0.1, -0.05) is 13.8 Å². The molecule has 2 amide bonds. The van der Waals surface area contributed by atoms with Crippen molar-refractivity contribution in [3.63, 3.8) is 0 Å². The van der Waals surface area contributed by atoms with Gasteiger partial charge in [0.05, 0.1) is 11.4 Å². The molecule has 21 heavy (non-hydrogen) atoms. The highest BCUT2D eigenvalue weighted by Crippen LogP contribution is 2.18. The molecule has 6 nitrogen and oxygen atoms in total. The van der Waals surface area contributed by atoms with Crippen LogP contribution in [-0.2, 0) is 4.79 Å². The molecule has 0 bridgehead atoms. The second kappa shape index (κ2) is 8.41. The van der Waals surface area contributed by atoms with Crippen molar-refractivity contribution >= 4 is 29.1 Å². The van der Waals surface area contributed by atoms with E-state index in [1.54, 1.807) is 0 Å². The molecular weight excluding hydrogens is 292 g/mol. The zero-order valence-corrected chi connectivity index (χ0v) is 13.0. The van der Waals surface area contributed by atoms with Gasteiger partial charge in [0.1, 0.15) is 4.88 Å². The molecule has 0 spiro atoms. The predicted octanol–water partition coefficient (Wildman–Crippen LogP) is 1.82. The van der Waals surface area contributed by atoms with E-state index >= 15 is 0 Å². The highest BCUT2D eigenvalue weighted by molar-refractivity contribution is 7.15. The number of nitrogens with one attached hydrogen (secondary N) is 1. The second-order valence-electron chi connectivity index (χ2n) is 4.55. The molecular formula is C14H20N2O4S. The maximum absolute atomic E-state index is 12.3. The second-order valence-corrected chi connectivity index (χ2v) is 5.63. The van der Waals surface area contributed by atoms with E-state index < -0.39 is 5.97 Å². The fraction of sp³-hybridized carbons (Fsp3) is 0.500. The van der Waals surface area contributed by atoms with Gasteiger partial charge < -0.3 is 15.3 Å². The van der Waals surface area contributed by atoms with Crippen LogP contribution in [0.2, 0.25) is 0 Å². The van der Waals surface area contributed by atoms with Gasteiger partial charge in [-0.05, 0) is 25.0 Å². The average molecular weight is 312 g/mol. The van der Waals surface area contributed by atoms with E-state index in [4.69, 9.17) is 5.11 Å². The zero-order valence-electron chi connectivity index (χ0n) is 12.2. The quantitative estimate of drug-likeness (QED) is 0.766. The third-order valence-corrected chi connectivity index (χ3v) is 3.78. The molecule has 2 N–H and O–H groups in total. The first-order valence-electron chi connectivity index (χ1n) is 6.88. The molecule has 0 unspecified atom stereocenters. The number of thiophene rings is 1. The summed E-state index contributed by atoms with van der Waals surface area (Å²) in [5, 5.41) is 11.6. The van der Waals surface area contributed by atoms with Crippen molar-refractivity contribution in [3.05, 3.63) is 21.9 Å². The Morgan fingerprint density at radius 1 is 1.19 bits per heavy atom. The lowest BCUT2D eigenvalue weighted by molar-refractivity contribution is -0.121. The number of carboxylic acids is 1. The van der Waals surface area contributed by atoms with Crippen LogP contribution in [0.4, 0.5) is 0 Å². The Morgan fingerprint density at radius 3 is 2.38 bits per heavy atom. The van der Waals surface area contributed by atoms with Gasteiger partial charge in [0.15, 0.2) is 0 Å². The van der Waals surface area contributed by atoms with E-state index in [0.29, 0.717) is 18.0 Å². The van der Waals surface area contributed by atoms with Gasteiger partial charge in [-0.3, -0.25) is 9.59 Å². The highest BCUT2D eigenvalue weighted by Gasteiger charge is 2.20. The van der Waals surface area contributed by atoms with Crippen LogP contribution < -0.4 is 5.32 Å². The molecule has 1 heterocycles. The highest BCUT2D eigenvalue weighted by atomic mass is 32.1. The van der Waals surface area contributed by atoms with E-state index in [1.165, 1.54) is 17.0 Å². The number of amides is 2. The van der Waals surface area contributed by atoms with Crippen LogP contribution in [0.15, 0.2) is 12.1 Å². The maximum atomic E-state index is 12.3. The minimum atomic E-state index is -1.05. The molecule has 0 saturated heterocycles. The van der Waals surface area contributed by atoms with E-state index in [0.717, 1.165) is 24.2 Å². The van der Waals surface area contributed by atoms with Gasteiger partial charge in [0.2, 0.25) is 5.91 Å². The summed E-state index contributed by atoms with van der Waals surface area (Å²) < 4.78 is 0. The lowest BCUT2D eigenvalue weighted by Crippen LogP contribution is -2.41. The van der Waals surface area contributed by atoms with Crippen molar-refractivity contribution < 1.29 is 19.5 Å². The summed E-state index contributed by atoms with van der Waals surface area (Å²) >= 11 is 0.926. The van der Waals surface area contributed by atoms with Crippen LogP contribution in [0.5, 0.6) is 0 Å². The molecule has 0 aliphatic rings. The number of hydrogen-bond donors (Lipinski definition) is 2. The van der Waals surface area contributed by atoms with Crippen molar-refractivity contribution in [1.29, 1.82) is 0 Å². The van der Waals surface area contributed by atoms with Crippen LogP contribution in [0.25, 0.3) is 0 Å². The lowest BCUT2D eigenvalue weighted by atomic mass is 10.3. The third-order valence-electron chi connectivity index (χ3n) is 2.71. The van der Waals surface area contributed by atoms with Gasteiger partial charge in [-0.15, -0.1) is 11.3 Å². The standard InChI is InChI=1S/C14H20N2O4S/c1-3-7-15-12(17)9-16(8-4-2)13(18)10-5-6-11(21-10)14(19)20/h5-6H,3-4,7-9H2,1-2H3,(H,15,17)(H,19,20). The SMILES string of the molecule is CCCNC(=O)CN(CCC)C(=O)c1ccc(C(=O)O)s1. The number of hydrogen-bond acceptors (Lipinski definition) is 4. The van der Waals surface area contributed by atoms with Gasteiger partial charge in [0.25, 0.3) is 5.91 Å². The number of carboxylic acid groups (broad SMARTS) is 1. The molecule has 1 aromatic heterocycles. The number of carbonyl (C=O) groups is 3. The van der Waals surface area contributed by atoms with Crippen LogP contribution in [0, 0.1) is 0 Å². The van der Waals surface area contributed by atoms with Crippen LogP contribution in [-0.4, -0.2) is 47.4 Å². The number of aromatic carboxylic acids is 1. The first kappa shape index (κ1) is 17.2. The Hall–Kier alpha value is -1.89. The lowest BCUT2D eigenvalue weighted by Gasteiger charge is -2.20. The van der Waals surface area contributed by atoms with Gasteiger partial charge >= 0.3 is 5.97 Å². The summed E-state index contributed by atoms with van der Waals surface area (Å²) in [5.41, 5.74) is 0. The molecule has 116 valence electrons. The molecule has 0 fully saturated rings. The van der Waals surface area contributed by atoms with Crippen LogP contribution in [0.1, 0.15) is 46.0 Å². The number of nitrogens with zero attached hydrogens (tertiary/aromatic N) is 1. The molecule has 0 atom stereocenters. The minimum absolute atomic E-state index is 0.00697. The first-order valence-corrected chi connectivity index (χ1v) is 7.70. The molecule has 0 aliphatic carbocycles. The molecule has 0 aromatic carbocycles. The molecule has 1 aromatic rings. The van der Waals surface area contributed by atoms with E-state index in [9.17, 15) is 14.4 Å². The molecule has 7 heteroatoms. The molecule has 0 radical (unpaired) electrons. The van der Waals surface area contributed by atoms with Crippen molar-refractivity contribution in [2.24, 2.45) is 0 Å². The first-order chi connectivity index (χ1) is 9.99. The Kier molecular flexibility index (Phi) is 6.87. The number of carbonyl (C=O) groups excluding carboxylic acids is 2. The van der Waals surface area contributed by atoms with Gasteiger partial charge in [0, 0.05) is 13.1 Å². The molecule has 0 saturated carbocycles. The summed E-state index contributed by atoms with van der Waals surface area (Å²) in [6, 6.07) is 2.89. The minimum Gasteiger partial charge on any atom is -0.477 e. The smallest absolute Gasteiger partial charge is 0.345 e. The molecule has 1 rings (SSSR count). The van der Waals surface area contributed by atoms with E-state index in [2.05, 4.69) is 5.32 Å². The summed E-state index contributed by atoms with van der Waals surface area (Å²) in [7, 11) is 0. The summed E-state index contributed by atoms with van der Waals surface area (Å²) in [6.45, 7) is 4.90. The van der Waals surface area contributed by atoms with Crippen LogP contribution >= 0.6 is 11.3 Å². The average Bonchev–Trinajstić information content (AvgIpc) is 2.93. The maximum Gasteiger partial charge on any atom is 0.345 e. The van der Waals surface area contributed by atoms with Crippen LogP contribution in [0.3, 0.4) is 0 Å². The summed E-state index contributed by atoms with van der Waals surface area (Å²) in [5.74, 6) is -1.56. The Bertz CT molecular complexity index is 513. The van der Waals surface area contributed by atoms with E-state index in [1.807, 2.05) is 13.8 Å². The zero-order chi connectivity index (χ0) is 15.8. The fourth-order valence-corrected chi connectivity index (χ4v) is 2.55. The normalized spacial score (nSPS) is 10.2. The fourth-order valence-electron chi connectivity index (χ4n) is 1.74. The Balaban J connectivity index is 2.76. The van der Waals surface area contributed by atoms with Gasteiger partial charge in [-0.25, -0.2) is 4.79 Å². The van der Waals surface area contributed by atoms with Crippen molar-refractivity contribution in [1.82, 2.24) is 10.2 Å². The van der Waals surface area contributed by atoms with Gasteiger partial charge in [-0.2, -0.15) is 0 Å². The largest absolute Gasteiger partial charge is 0.477 e.